The SMILES string of the molecule is COc1ccc([C@H]2C[C@@H](c3ccc(C)cc3)N(C(=O)c3ccc([N+](=O)[O-])cc3)c3ncnn32)cc1. The topological polar surface area (TPSA) is 103 Å². The van der Waals surface area contributed by atoms with E-state index in [0.717, 1.165) is 22.4 Å². The minimum atomic E-state index is -0.486. The third-order valence-electron chi connectivity index (χ3n) is 6.33. The summed E-state index contributed by atoms with van der Waals surface area (Å²) in [6.07, 6.45) is 2.02. The van der Waals surface area contributed by atoms with Crippen molar-refractivity contribution in [2.45, 2.75) is 25.4 Å². The highest BCUT2D eigenvalue weighted by Crippen LogP contribution is 2.42. The number of nitro benzene ring substituents is 1. The number of non-ortho nitro benzene ring substituents is 1. The summed E-state index contributed by atoms with van der Waals surface area (Å²) >= 11 is 0. The van der Waals surface area contributed by atoms with E-state index in [9.17, 15) is 14.9 Å². The van der Waals surface area contributed by atoms with Gasteiger partial charge < -0.3 is 4.74 Å². The molecule has 5 rings (SSSR count). The molecular formula is C26H23N5O4. The van der Waals surface area contributed by atoms with Gasteiger partial charge in [-0.05, 0) is 48.7 Å². The van der Waals surface area contributed by atoms with Gasteiger partial charge in [-0.15, -0.1) is 0 Å². The van der Waals surface area contributed by atoms with Crippen molar-refractivity contribution in [3.05, 3.63) is 111 Å². The molecule has 0 aliphatic carbocycles. The van der Waals surface area contributed by atoms with E-state index in [1.165, 1.54) is 30.6 Å². The summed E-state index contributed by atoms with van der Waals surface area (Å²) in [6, 6.07) is 21.0. The zero-order valence-electron chi connectivity index (χ0n) is 19.2. The first-order chi connectivity index (χ1) is 17.0. The highest BCUT2D eigenvalue weighted by atomic mass is 16.6. The van der Waals surface area contributed by atoms with Gasteiger partial charge in [-0.1, -0.05) is 42.0 Å². The molecule has 176 valence electrons. The van der Waals surface area contributed by atoms with Gasteiger partial charge in [0.05, 0.1) is 24.1 Å². The van der Waals surface area contributed by atoms with Crippen LogP contribution in [-0.4, -0.2) is 32.7 Å². The molecule has 0 radical (unpaired) electrons. The first-order valence-corrected chi connectivity index (χ1v) is 11.1. The molecule has 3 aromatic carbocycles. The molecule has 4 aromatic rings. The van der Waals surface area contributed by atoms with E-state index in [2.05, 4.69) is 10.1 Å². The Morgan fingerprint density at radius 3 is 2.23 bits per heavy atom. The third kappa shape index (κ3) is 4.12. The molecule has 0 fully saturated rings. The molecule has 0 spiro atoms. The van der Waals surface area contributed by atoms with Crippen LogP contribution < -0.4 is 9.64 Å². The Bertz CT molecular complexity index is 1360. The summed E-state index contributed by atoms with van der Waals surface area (Å²) in [5.41, 5.74) is 3.38. The van der Waals surface area contributed by atoms with E-state index in [4.69, 9.17) is 4.74 Å². The fourth-order valence-electron chi connectivity index (χ4n) is 4.47. The number of benzene rings is 3. The number of aromatic nitrogens is 3. The summed E-state index contributed by atoms with van der Waals surface area (Å²) in [5.74, 6) is 0.882. The van der Waals surface area contributed by atoms with Crippen LogP contribution in [-0.2, 0) is 0 Å². The van der Waals surface area contributed by atoms with Gasteiger partial charge in [-0.3, -0.25) is 19.8 Å². The van der Waals surface area contributed by atoms with Crippen molar-refractivity contribution in [1.29, 1.82) is 0 Å². The summed E-state index contributed by atoms with van der Waals surface area (Å²) in [5, 5.41) is 15.5. The van der Waals surface area contributed by atoms with E-state index in [0.29, 0.717) is 17.9 Å². The van der Waals surface area contributed by atoms with E-state index < -0.39 is 4.92 Å². The van der Waals surface area contributed by atoms with Crippen LogP contribution in [0.1, 0.15) is 45.6 Å². The molecule has 2 atom stereocenters. The number of hydrogen-bond acceptors (Lipinski definition) is 6. The lowest BCUT2D eigenvalue weighted by Gasteiger charge is -2.39. The van der Waals surface area contributed by atoms with Gasteiger partial charge in [0, 0.05) is 17.7 Å². The van der Waals surface area contributed by atoms with Crippen molar-refractivity contribution in [3.8, 4) is 5.75 Å². The fourth-order valence-corrected chi connectivity index (χ4v) is 4.47. The Labute approximate surface area is 201 Å². The lowest BCUT2D eigenvalue weighted by molar-refractivity contribution is -0.384. The number of carbonyl (C=O) groups excluding carboxylic acids is 1. The van der Waals surface area contributed by atoms with E-state index in [1.807, 2.05) is 55.5 Å². The predicted molar refractivity (Wildman–Crippen MR) is 130 cm³/mol. The first-order valence-electron chi connectivity index (χ1n) is 11.1. The second-order valence-electron chi connectivity index (χ2n) is 8.43. The van der Waals surface area contributed by atoms with Gasteiger partial charge in [0.1, 0.15) is 12.1 Å². The zero-order chi connectivity index (χ0) is 24.5. The van der Waals surface area contributed by atoms with Crippen molar-refractivity contribution >= 4 is 17.5 Å². The number of ether oxygens (including phenoxy) is 1. The Balaban J connectivity index is 1.60. The first kappa shape index (κ1) is 22.3. The number of nitrogens with zero attached hydrogens (tertiary/aromatic N) is 5. The average molecular weight is 470 g/mol. The highest BCUT2D eigenvalue weighted by Gasteiger charge is 2.39. The fraction of sp³-hybridized carbons (Fsp3) is 0.192. The van der Waals surface area contributed by atoms with Crippen LogP contribution in [0.4, 0.5) is 11.6 Å². The minimum absolute atomic E-state index is 0.0713. The quantitative estimate of drug-likeness (QED) is 0.305. The smallest absolute Gasteiger partial charge is 0.269 e. The molecule has 1 amide bonds. The van der Waals surface area contributed by atoms with Crippen LogP contribution in [0, 0.1) is 17.0 Å². The van der Waals surface area contributed by atoms with Gasteiger partial charge in [0.2, 0.25) is 5.95 Å². The lowest BCUT2D eigenvalue weighted by atomic mass is 9.91. The maximum atomic E-state index is 13.8. The van der Waals surface area contributed by atoms with Crippen LogP contribution in [0.5, 0.6) is 5.75 Å². The lowest BCUT2D eigenvalue weighted by Crippen LogP contribution is -2.42. The predicted octanol–water partition coefficient (Wildman–Crippen LogP) is 4.88. The molecule has 1 aromatic heterocycles. The number of methoxy groups -OCH3 is 1. The molecule has 0 bridgehead atoms. The number of anilines is 1. The maximum Gasteiger partial charge on any atom is 0.269 e. The van der Waals surface area contributed by atoms with E-state index in [1.54, 1.807) is 16.7 Å². The summed E-state index contributed by atoms with van der Waals surface area (Å²) in [7, 11) is 1.63. The third-order valence-corrected chi connectivity index (χ3v) is 6.33. The Hall–Kier alpha value is -4.53. The molecule has 35 heavy (non-hydrogen) atoms. The molecule has 0 saturated heterocycles. The van der Waals surface area contributed by atoms with Crippen LogP contribution >= 0.6 is 0 Å². The van der Waals surface area contributed by atoms with Gasteiger partial charge in [0.25, 0.3) is 11.6 Å². The molecular weight excluding hydrogens is 446 g/mol. The average Bonchev–Trinajstić information content (AvgIpc) is 3.38. The highest BCUT2D eigenvalue weighted by molar-refractivity contribution is 6.06. The Kier molecular flexibility index (Phi) is 5.74. The largest absolute Gasteiger partial charge is 0.497 e. The van der Waals surface area contributed by atoms with Gasteiger partial charge in [-0.2, -0.15) is 10.1 Å². The molecule has 1 aliphatic heterocycles. The van der Waals surface area contributed by atoms with E-state index >= 15 is 0 Å². The second-order valence-corrected chi connectivity index (χ2v) is 8.43. The van der Waals surface area contributed by atoms with Crippen molar-refractivity contribution in [1.82, 2.24) is 14.8 Å². The molecule has 2 heterocycles. The number of carbonyl (C=O) groups is 1. The maximum absolute atomic E-state index is 13.8. The van der Waals surface area contributed by atoms with Gasteiger partial charge in [-0.25, -0.2) is 4.68 Å². The Morgan fingerprint density at radius 1 is 0.971 bits per heavy atom. The molecule has 0 saturated carbocycles. The minimum Gasteiger partial charge on any atom is -0.497 e. The molecule has 9 nitrogen and oxygen atoms in total. The Morgan fingerprint density at radius 2 is 1.60 bits per heavy atom. The van der Waals surface area contributed by atoms with Crippen LogP contribution in [0.2, 0.25) is 0 Å². The van der Waals surface area contributed by atoms with Crippen LogP contribution in [0.3, 0.4) is 0 Å². The normalized spacial score (nSPS) is 17.0. The number of hydrogen-bond donors (Lipinski definition) is 0. The second kappa shape index (κ2) is 9.02. The number of nitro groups is 1. The number of amides is 1. The molecule has 0 unspecified atom stereocenters. The summed E-state index contributed by atoms with van der Waals surface area (Å²) in [4.78, 5) is 30.5. The molecule has 1 aliphatic rings. The van der Waals surface area contributed by atoms with Gasteiger partial charge >= 0.3 is 0 Å². The molecule has 9 heteroatoms. The summed E-state index contributed by atoms with van der Waals surface area (Å²) in [6.45, 7) is 2.02. The standard InChI is InChI=1S/C26H23N5O4/c1-17-3-5-18(6-4-17)23-15-24(19-9-13-22(35-2)14-10-19)30-26(27-16-28-30)29(23)25(32)20-7-11-21(12-8-20)31(33)34/h3-14,16,23-24H,15H2,1-2H3/t23-,24+/m0/s1. The number of fused-ring (bicyclic) bond motifs is 1. The zero-order valence-corrected chi connectivity index (χ0v) is 19.2. The van der Waals surface area contributed by atoms with Crippen LogP contribution in [0.15, 0.2) is 79.1 Å². The summed E-state index contributed by atoms with van der Waals surface area (Å²) < 4.78 is 7.06. The number of rotatable bonds is 5. The van der Waals surface area contributed by atoms with Crippen molar-refractivity contribution in [2.75, 3.05) is 12.0 Å². The van der Waals surface area contributed by atoms with E-state index in [-0.39, 0.29) is 23.7 Å². The number of aryl methyl sites for hydroxylation is 1. The van der Waals surface area contributed by atoms with Crippen LogP contribution in [0.25, 0.3) is 0 Å². The van der Waals surface area contributed by atoms with Crippen molar-refractivity contribution in [2.24, 2.45) is 0 Å². The van der Waals surface area contributed by atoms with Crippen molar-refractivity contribution in [3.63, 3.8) is 0 Å². The molecule has 0 N–H and O–H groups in total. The monoisotopic (exact) mass is 469 g/mol. The van der Waals surface area contributed by atoms with Crippen molar-refractivity contribution < 1.29 is 14.5 Å². The van der Waals surface area contributed by atoms with Gasteiger partial charge in [0.15, 0.2) is 0 Å².